The molecule has 0 aliphatic heterocycles. The zero-order valence-corrected chi connectivity index (χ0v) is 20.1. The monoisotopic (exact) mass is 427 g/mol. The molecule has 0 saturated heterocycles. The highest BCUT2D eigenvalue weighted by Crippen LogP contribution is 2.14. The lowest BCUT2D eigenvalue weighted by atomic mass is 9.98. The van der Waals surface area contributed by atoms with Crippen LogP contribution in [0.1, 0.15) is 85.0 Å². The normalized spacial score (nSPS) is 14.8. The van der Waals surface area contributed by atoms with E-state index < -0.39 is 5.60 Å². The molecular formula is C28H45NO2. The smallest absolute Gasteiger partial charge is 0.244 e. The Labute approximate surface area is 191 Å². The molecule has 0 radical (unpaired) electrons. The first-order chi connectivity index (χ1) is 15.0. The van der Waals surface area contributed by atoms with E-state index in [1.807, 2.05) is 18.2 Å². The zero-order valence-electron chi connectivity index (χ0n) is 20.1. The maximum Gasteiger partial charge on any atom is 0.244 e. The number of unbranched alkanes of at least 4 members (excludes halogenated alkanes) is 6. The van der Waals surface area contributed by atoms with Gasteiger partial charge in [-0.05, 0) is 32.6 Å². The van der Waals surface area contributed by atoms with Crippen molar-refractivity contribution in [3.05, 3.63) is 72.9 Å². The van der Waals surface area contributed by atoms with Crippen molar-refractivity contribution in [3.63, 3.8) is 0 Å². The first kappa shape index (κ1) is 28.9. The maximum absolute atomic E-state index is 11.8. The molecule has 3 heteroatoms. The van der Waals surface area contributed by atoms with Gasteiger partial charge in [-0.3, -0.25) is 4.79 Å². The fraction of sp³-hybridized carbons (Fsp3) is 0.536. The summed E-state index contributed by atoms with van der Waals surface area (Å²) in [4.78, 5) is 11.8. The molecule has 174 valence electrons. The van der Waals surface area contributed by atoms with Gasteiger partial charge in [0, 0.05) is 12.6 Å². The van der Waals surface area contributed by atoms with Crippen LogP contribution in [0.25, 0.3) is 0 Å². The van der Waals surface area contributed by atoms with Crippen molar-refractivity contribution in [2.24, 2.45) is 0 Å². The first-order valence-electron chi connectivity index (χ1n) is 12.0. The van der Waals surface area contributed by atoms with Crippen LogP contribution in [0.3, 0.4) is 0 Å². The topological polar surface area (TPSA) is 49.3 Å². The van der Waals surface area contributed by atoms with Crippen LogP contribution >= 0.6 is 0 Å². The van der Waals surface area contributed by atoms with Crippen molar-refractivity contribution in [2.45, 2.75) is 90.6 Å². The van der Waals surface area contributed by atoms with Crippen molar-refractivity contribution in [3.8, 4) is 0 Å². The molecule has 0 aromatic heterocycles. The number of nitrogens with one attached hydrogen (secondary N) is 1. The van der Waals surface area contributed by atoms with Gasteiger partial charge in [0.25, 0.3) is 0 Å². The summed E-state index contributed by atoms with van der Waals surface area (Å²) in [5.74, 6) is -0.180. The number of carbonyl (C=O) groups is 1. The molecule has 0 spiro atoms. The molecule has 0 aromatic rings. The van der Waals surface area contributed by atoms with Crippen molar-refractivity contribution >= 4 is 5.91 Å². The van der Waals surface area contributed by atoms with Gasteiger partial charge in [-0.25, -0.2) is 0 Å². The second-order valence-corrected chi connectivity index (χ2v) is 8.16. The Balaban J connectivity index is 3.87. The van der Waals surface area contributed by atoms with Gasteiger partial charge in [0.15, 0.2) is 0 Å². The maximum atomic E-state index is 11.8. The Morgan fingerprint density at radius 2 is 1.29 bits per heavy atom. The Morgan fingerprint density at radius 3 is 1.87 bits per heavy atom. The van der Waals surface area contributed by atoms with E-state index in [-0.39, 0.29) is 12.5 Å². The minimum Gasteiger partial charge on any atom is -0.388 e. The van der Waals surface area contributed by atoms with Crippen LogP contribution in [0.4, 0.5) is 0 Å². The zero-order chi connectivity index (χ0) is 23.0. The summed E-state index contributed by atoms with van der Waals surface area (Å²) < 4.78 is 0. The van der Waals surface area contributed by atoms with Crippen LogP contribution in [-0.2, 0) is 4.79 Å². The fourth-order valence-corrected chi connectivity index (χ4v) is 2.80. The highest BCUT2D eigenvalue weighted by molar-refractivity contribution is 5.87. The van der Waals surface area contributed by atoms with E-state index in [4.69, 9.17) is 0 Å². The molecule has 0 saturated carbocycles. The number of hydrogen-bond donors (Lipinski definition) is 2. The van der Waals surface area contributed by atoms with Crippen LogP contribution in [0.2, 0.25) is 0 Å². The van der Waals surface area contributed by atoms with E-state index in [9.17, 15) is 9.90 Å². The third-order valence-electron chi connectivity index (χ3n) is 4.76. The summed E-state index contributed by atoms with van der Waals surface area (Å²) in [5.41, 5.74) is -0.842. The lowest BCUT2D eigenvalue weighted by Gasteiger charge is -2.23. The molecule has 0 bridgehead atoms. The van der Waals surface area contributed by atoms with Gasteiger partial charge in [-0.1, -0.05) is 119 Å². The molecular weight excluding hydrogens is 382 g/mol. The molecule has 3 nitrogen and oxygen atoms in total. The third-order valence-corrected chi connectivity index (χ3v) is 4.76. The van der Waals surface area contributed by atoms with Crippen LogP contribution < -0.4 is 5.32 Å². The molecule has 0 heterocycles. The molecule has 0 aliphatic carbocycles. The Hall–Kier alpha value is -2.13. The molecule has 31 heavy (non-hydrogen) atoms. The number of amides is 1. The van der Waals surface area contributed by atoms with Gasteiger partial charge in [0.05, 0.1) is 5.60 Å². The molecule has 0 fully saturated rings. The second-order valence-electron chi connectivity index (χ2n) is 8.16. The van der Waals surface area contributed by atoms with E-state index in [1.165, 1.54) is 31.8 Å². The standard InChI is InChI=1S/C28H45NO2/c1-4-6-8-10-11-12-13-14-15-16-17-18-19-20-21-22-24-27(30)29-26-28(3,31)25-23-9-7-5-2/h10-15,18-22,24,31H,4-9,16-17,23,25-26H2,1-3H3,(H,29,30). The van der Waals surface area contributed by atoms with Crippen molar-refractivity contribution in [1.82, 2.24) is 5.32 Å². The number of hydrogen-bond acceptors (Lipinski definition) is 2. The summed E-state index contributed by atoms with van der Waals surface area (Å²) in [6.07, 6.45) is 34.6. The number of aliphatic hydroxyl groups is 1. The van der Waals surface area contributed by atoms with E-state index in [0.717, 1.165) is 32.1 Å². The minimum absolute atomic E-state index is 0.180. The van der Waals surface area contributed by atoms with E-state index >= 15 is 0 Å². The summed E-state index contributed by atoms with van der Waals surface area (Å²) in [6.45, 7) is 6.44. The average Bonchev–Trinajstić information content (AvgIpc) is 2.75. The second kappa shape index (κ2) is 21.1. The van der Waals surface area contributed by atoms with Crippen LogP contribution in [0.15, 0.2) is 72.9 Å². The van der Waals surface area contributed by atoms with E-state index in [1.54, 1.807) is 13.0 Å². The SMILES string of the molecule is CCCCC=CC=CC=CCCC=CC=CC=CC(=O)NCC(C)(O)CCCCCC. The Kier molecular flexibility index (Phi) is 19.7. The molecule has 0 aromatic carbocycles. The van der Waals surface area contributed by atoms with Gasteiger partial charge in [0.2, 0.25) is 5.91 Å². The lowest BCUT2D eigenvalue weighted by molar-refractivity contribution is -0.117. The van der Waals surface area contributed by atoms with E-state index in [0.29, 0.717) is 6.42 Å². The molecule has 1 amide bonds. The number of carbonyl (C=O) groups excluding carboxylic acids is 1. The molecule has 0 rings (SSSR count). The summed E-state index contributed by atoms with van der Waals surface area (Å²) in [7, 11) is 0. The first-order valence-corrected chi connectivity index (χ1v) is 12.0. The van der Waals surface area contributed by atoms with Crippen LogP contribution in [0.5, 0.6) is 0 Å². The van der Waals surface area contributed by atoms with Crippen molar-refractivity contribution < 1.29 is 9.90 Å². The van der Waals surface area contributed by atoms with Gasteiger partial charge in [-0.2, -0.15) is 0 Å². The molecule has 0 aliphatic rings. The molecule has 1 atom stereocenters. The van der Waals surface area contributed by atoms with Crippen LogP contribution in [0, 0.1) is 0 Å². The highest BCUT2D eigenvalue weighted by atomic mass is 16.3. The quantitative estimate of drug-likeness (QED) is 0.139. The summed E-state index contributed by atoms with van der Waals surface area (Å²) in [5, 5.41) is 13.1. The predicted molar refractivity (Wildman–Crippen MR) is 136 cm³/mol. The van der Waals surface area contributed by atoms with Crippen molar-refractivity contribution in [1.29, 1.82) is 0 Å². The highest BCUT2D eigenvalue weighted by Gasteiger charge is 2.19. The fourth-order valence-electron chi connectivity index (χ4n) is 2.80. The number of allylic oxidation sites excluding steroid dienone is 11. The summed E-state index contributed by atoms with van der Waals surface area (Å²) >= 11 is 0. The lowest BCUT2D eigenvalue weighted by Crippen LogP contribution is -2.40. The summed E-state index contributed by atoms with van der Waals surface area (Å²) in [6, 6.07) is 0. The van der Waals surface area contributed by atoms with Crippen LogP contribution in [-0.4, -0.2) is 23.2 Å². The number of rotatable bonds is 18. The van der Waals surface area contributed by atoms with Gasteiger partial charge in [0.1, 0.15) is 0 Å². The Morgan fingerprint density at radius 1 is 0.742 bits per heavy atom. The largest absolute Gasteiger partial charge is 0.388 e. The van der Waals surface area contributed by atoms with Gasteiger partial charge >= 0.3 is 0 Å². The predicted octanol–water partition coefficient (Wildman–Crippen LogP) is 7.13. The van der Waals surface area contributed by atoms with E-state index in [2.05, 4.69) is 61.7 Å². The minimum atomic E-state index is -0.842. The average molecular weight is 428 g/mol. The third kappa shape index (κ3) is 22.4. The van der Waals surface area contributed by atoms with Crippen molar-refractivity contribution in [2.75, 3.05) is 6.54 Å². The van der Waals surface area contributed by atoms with Gasteiger partial charge < -0.3 is 10.4 Å². The van der Waals surface area contributed by atoms with Gasteiger partial charge in [-0.15, -0.1) is 0 Å². The molecule has 1 unspecified atom stereocenters. The molecule has 2 N–H and O–H groups in total. The Bertz CT molecular complexity index is 607.